The highest BCUT2D eigenvalue weighted by Crippen LogP contribution is 2.38. The summed E-state index contributed by atoms with van der Waals surface area (Å²) in [6, 6.07) is 14.6. The molecule has 2 aromatic carbocycles. The molecule has 0 radical (unpaired) electrons. The molecule has 0 aromatic heterocycles. The first-order chi connectivity index (χ1) is 19.8. The van der Waals surface area contributed by atoms with Gasteiger partial charge in [-0.25, -0.2) is 0 Å². The van der Waals surface area contributed by atoms with E-state index in [0.29, 0.717) is 30.6 Å². The van der Waals surface area contributed by atoms with E-state index in [-0.39, 0.29) is 30.8 Å². The number of carboxylic acids is 1. The number of aliphatic carboxylic acids is 1. The van der Waals surface area contributed by atoms with Crippen molar-refractivity contribution in [1.82, 2.24) is 0 Å². The molecule has 9 heteroatoms. The lowest BCUT2D eigenvalue weighted by molar-refractivity contribution is -0.279. The summed E-state index contributed by atoms with van der Waals surface area (Å²) >= 11 is 0. The highest BCUT2D eigenvalue weighted by molar-refractivity contribution is 5.70. The van der Waals surface area contributed by atoms with Crippen LogP contribution in [0.4, 0.5) is 0 Å². The number of ether oxygens (including phenoxy) is 6. The van der Waals surface area contributed by atoms with E-state index in [0.717, 1.165) is 24.0 Å². The van der Waals surface area contributed by atoms with E-state index in [9.17, 15) is 9.90 Å². The van der Waals surface area contributed by atoms with Crippen molar-refractivity contribution >= 4 is 5.97 Å². The third kappa shape index (κ3) is 9.32. The monoisotopic (exact) mass is 566 g/mol. The molecule has 0 bridgehead atoms. The molecular weight excluding hydrogens is 528 g/mol. The zero-order valence-corrected chi connectivity index (χ0v) is 23.4. The van der Waals surface area contributed by atoms with Gasteiger partial charge in [0, 0.05) is 30.4 Å². The van der Waals surface area contributed by atoms with Crippen molar-refractivity contribution in [2.75, 3.05) is 0 Å². The minimum Gasteiger partial charge on any atom is -0.481 e. The highest BCUT2D eigenvalue weighted by atomic mass is 16.7. The SMILES string of the molecule is C=COC#COc1ccc(C2OC(CC)CC(CC3CC(CC(C)O)OC(c4ccc(CC(=O)O)cc4)O3)O2)cc1. The van der Waals surface area contributed by atoms with Gasteiger partial charge in [0.1, 0.15) is 5.75 Å². The van der Waals surface area contributed by atoms with E-state index >= 15 is 0 Å². The van der Waals surface area contributed by atoms with E-state index in [2.05, 4.69) is 25.7 Å². The molecule has 2 saturated heterocycles. The van der Waals surface area contributed by atoms with E-state index in [1.165, 1.54) is 6.26 Å². The number of hydrogen-bond acceptors (Lipinski definition) is 8. The standard InChI is InChI=1S/C32H38O9/c1-4-25-18-28(40-31(38-25)24-10-12-26(13-11-24)37-15-14-36-5-2)20-29-19-27(16-21(3)33)39-32(41-29)23-8-6-22(7-9-23)17-30(34)35/h5-13,21,25,27-29,31-33H,2,4,16-20H2,1,3H3,(H,34,35). The summed E-state index contributed by atoms with van der Waals surface area (Å²) in [6.07, 6.45) is 7.22. The Labute approximate surface area is 241 Å². The van der Waals surface area contributed by atoms with Gasteiger partial charge in [0.15, 0.2) is 24.8 Å². The average molecular weight is 567 g/mol. The predicted molar refractivity (Wildman–Crippen MR) is 149 cm³/mol. The Bertz CT molecular complexity index is 1180. The van der Waals surface area contributed by atoms with Gasteiger partial charge in [-0.1, -0.05) is 49.9 Å². The lowest BCUT2D eigenvalue weighted by Crippen LogP contribution is -2.40. The number of rotatable bonds is 11. The van der Waals surface area contributed by atoms with Crippen molar-refractivity contribution in [2.45, 2.75) is 95.5 Å². The molecular formula is C32H38O9. The number of aliphatic hydroxyl groups excluding tert-OH is 1. The van der Waals surface area contributed by atoms with E-state index < -0.39 is 24.7 Å². The van der Waals surface area contributed by atoms with Gasteiger partial charge in [-0.15, -0.1) is 0 Å². The smallest absolute Gasteiger partial charge is 0.307 e. The Balaban J connectivity index is 1.43. The van der Waals surface area contributed by atoms with Gasteiger partial charge >= 0.3 is 5.97 Å². The first kappa shape index (κ1) is 30.6. The Hall–Kier alpha value is -3.39. The molecule has 2 heterocycles. The van der Waals surface area contributed by atoms with E-state index in [1.54, 1.807) is 31.2 Å². The quantitative estimate of drug-likeness (QED) is 0.273. The molecule has 0 amide bonds. The summed E-state index contributed by atoms with van der Waals surface area (Å²) in [5.74, 6) is -0.317. The molecule has 0 saturated carbocycles. The third-order valence-electron chi connectivity index (χ3n) is 7.01. The van der Waals surface area contributed by atoms with Crippen molar-refractivity contribution in [2.24, 2.45) is 0 Å². The maximum Gasteiger partial charge on any atom is 0.307 e. The molecule has 0 spiro atoms. The van der Waals surface area contributed by atoms with Gasteiger partial charge in [-0.3, -0.25) is 4.79 Å². The lowest BCUT2D eigenvalue weighted by atomic mass is 9.96. The zero-order valence-electron chi connectivity index (χ0n) is 23.4. The fourth-order valence-electron chi connectivity index (χ4n) is 5.08. The summed E-state index contributed by atoms with van der Waals surface area (Å²) in [5.41, 5.74) is 2.38. The minimum atomic E-state index is -0.881. The van der Waals surface area contributed by atoms with Crippen LogP contribution in [0.3, 0.4) is 0 Å². The van der Waals surface area contributed by atoms with Gasteiger partial charge < -0.3 is 38.6 Å². The number of benzene rings is 2. The summed E-state index contributed by atoms with van der Waals surface area (Å²) in [5, 5.41) is 19.1. The Morgan fingerprint density at radius 3 is 2.07 bits per heavy atom. The largest absolute Gasteiger partial charge is 0.481 e. The van der Waals surface area contributed by atoms with Crippen LogP contribution in [0, 0.1) is 12.2 Å². The topological polar surface area (TPSA) is 113 Å². The number of carbonyl (C=O) groups is 1. The van der Waals surface area contributed by atoms with Gasteiger partial charge in [0.05, 0.1) is 43.2 Å². The molecule has 220 valence electrons. The average Bonchev–Trinajstić information content (AvgIpc) is 2.95. The Morgan fingerprint density at radius 2 is 1.51 bits per heavy atom. The van der Waals surface area contributed by atoms with Crippen LogP contribution in [0.1, 0.15) is 75.2 Å². The first-order valence-corrected chi connectivity index (χ1v) is 14.0. The summed E-state index contributed by atoms with van der Waals surface area (Å²) in [7, 11) is 0. The molecule has 0 aliphatic carbocycles. The third-order valence-corrected chi connectivity index (χ3v) is 7.01. The summed E-state index contributed by atoms with van der Waals surface area (Å²) in [4.78, 5) is 11.1. The second kappa shape index (κ2) is 15.0. The number of hydrogen-bond donors (Lipinski definition) is 2. The van der Waals surface area contributed by atoms with Crippen molar-refractivity contribution < 1.29 is 43.4 Å². The molecule has 2 fully saturated rings. The van der Waals surface area contributed by atoms with Crippen LogP contribution in [0.25, 0.3) is 0 Å². The highest BCUT2D eigenvalue weighted by Gasteiger charge is 2.37. The van der Waals surface area contributed by atoms with Gasteiger partial charge in [0.2, 0.25) is 0 Å². The molecule has 2 aliphatic rings. The van der Waals surface area contributed by atoms with Gasteiger partial charge in [0.25, 0.3) is 0 Å². The minimum absolute atomic E-state index is 0.0299. The van der Waals surface area contributed by atoms with Crippen LogP contribution < -0.4 is 4.74 Å². The van der Waals surface area contributed by atoms with E-state index in [4.69, 9.17) is 33.5 Å². The van der Waals surface area contributed by atoms with Gasteiger partial charge in [-0.05, 0) is 37.5 Å². The molecule has 2 N–H and O–H groups in total. The molecule has 2 aromatic rings. The van der Waals surface area contributed by atoms with Crippen LogP contribution >= 0.6 is 0 Å². The van der Waals surface area contributed by atoms with E-state index in [1.807, 2.05) is 24.3 Å². The number of aliphatic hydroxyl groups is 1. The molecule has 9 nitrogen and oxygen atoms in total. The maximum absolute atomic E-state index is 11.1. The maximum atomic E-state index is 11.1. The zero-order chi connectivity index (χ0) is 29.2. The summed E-state index contributed by atoms with van der Waals surface area (Å²) < 4.78 is 35.3. The van der Waals surface area contributed by atoms with Crippen molar-refractivity contribution in [3.63, 3.8) is 0 Å². The normalized spacial score (nSPS) is 26.7. The Kier molecular flexibility index (Phi) is 11.2. The second-order valence-electron chi connectivity index (χ2n) is 10.4. The summed E-state index contributed by atoms with van der Waals surface area (Å²) in [6.45, 7) is 7.26. The predicted octanol–water partition coefficient (Wildman–Crippen LogP) is 5.39. The lowest BCUT2D eigenvalue weighted by Gasteiger charge is -2.40. The molecule has 41 heavy (non-hydrogen) atoms. The fraction of sp³-hybridized carbons (Fsp3) is 0.469. The second-order valence-corrected chi connectivity index (χ2v) is 10.4. The van der Waals surface area contributed by atoms with Crippen molar-refractivity contribution in [3.05, 3.63) is 78.1 Å². The first-order valence-electron chi connectivity index (χ1n) is 14.0. The Morgan fingerprint density at radius 1 is 0.951 bits per heavy atom. The fourth-order valence-corrected chi connectivity index (χ4v) is 5.08. The van der Waals surface area contributed by atoms with Crippen LogP contribution in [-0.4, -0.2) is 46.7 Å². The van der Waals surface area contributed by atoms with Crippen LogP contribution in [0.5, 0.6) is 5.75 Å². The van der Waals surface area contributed by atoms with Crippen molar-refractivity contribution in [1.29, 1.82) is 0 Å². The van der Waals surface area contributed by atoms with Crippen LogP contribution in [0.15, 0.2) is 61.4 Å². The van der Waals surface area contributed by atoms with Crippen LogP contribution in [-0.2, 0) is 34.9 Å². The molecule has 7 unspecified atom stereocenters. The van der Waals surface area contributed by atoms with Crippen LogP contribution in [0.2, 0.25) is 0 Å². The van der Waals surface area contributed by atoms with Gasteiger partial charge in [-0.2, -0.15) is 0 Å². The molecule has 7 atom stereocenters. The molecule has 4 rings (SSSR count). The van der Waals surface area contributed by atoms with Crippen molar-refractivity contribution in [3.8, 4) is 18.0 Å². The molecule has 2 aliphatic heterocycles. The number of carboxylic acid groups (broad SMARTS) is 1.